The average molecular weight is 390 g/mol. The number of carbonyl (C=O) groups is 1. The van der Waals surface area contributed by atoms with Crippen molar-refractivity contribution in [1.29, 1.82) is 0 Å². The van der Waals surface area contributed by atoms with E-state index in [-0.39, 0.29) is 6.03 Å². The molecular weight excluding hydrogens is 362 g/mol. The minimum Gasteiger partial charge on any atom is -0.308 e. The van der Waals surface area contributed by atoms with Crippen molar-refractivity contribution < 1.29 is 4.79 Å². The number of para-hydroxylation sites is 1. The normalized spacial score (nSPS) is 13.4. The number of hydrogen-bond acceptors (Lipinski definition) is 3. The van der Waals surface area contributed by atoms with Crippen LogP contribution in [0.15, 0.2) is 54.6 Å². The van der Waals surface area contributed by atoms with Crippen LogP contribution in [0, 0.1) is 0 Å². The fourth-order valence-electron chi connectivity index (χ4n) is 3.62. The number of nitrogens with one attached hydrogen (secondary N) is 1. The molecule has 150 valence electrons. The maximum atomic E-state index is 13.1. The molecule has 1 N–H and O–H groups in total. The molecule has 2 aromatic carbocycles. The molecule has 1 aliphatic heterocycles. The zero-order chi connectivity index (χ0) is 20.1. The first-order chi connectivity index (χ1) is 14.2. The first kappa shape index (κ1) is 19.2. The summed E-state index contributed by atoms with van der Waals surface area (Å²) in [7, 11) is 0. The molecule has 0 bridgehead atoms. The number of carbonyl (C=O) groups excluding carboxylic acids is 1. The van der Waals surface area contributed by atoms with Gasteiger partial charge in [-0.05, 0) is 49.1 Å². The van der Waals surface area contributed by atoms with Gasteiger partial charge in [0.05, 0.1) is 6.54 Å². The molecule has 0 spiro atoms. The summed E-state index contributed by atoms with van der Waals surface area (Å²) in [6.07, 6.45) is 5.41. The maximum absolute atomic E-state index is 13.1. The van der Waals surface area contributed by atoms with Crippen molar-refractivity contribution in [3.8, 4) is 0 Å². The Morgan fingerprint density at radius 1 is 1.07 bits per heavy atom. The van der Waals surface area contributed by atoms with E-state index in [0.29, 0.717) is 12.4 Å². The number of rotatable bonds is 5. The van der Waals surface area contributed by atoms with Crippen molar-refractivity contribution in [2.75, 3.05) is 10.2 Å². The Kier molecular flexibility index (Phi) is 5.89. The van der Waals surface area contributed by atoms with E-state index in [1.54, 1.807) is 4.90 Å². The number of benzene rings is 2. The van der Waals surface area contributed by atoms with Gasteiger partial charge in [0, 0.05) is 24.3 Å². The van der Waals surface area contributed by atoms with Crippen LogP contribution in [-0.4, -0.2) is 20.8 Å². The van der Waals surface area contributed by atoms with E-state index in [1.807, 2.05) is 47.1 Å². The standard InChI is InChI=1S/C23H27N5O/c1-2-18-12-14-20(15-13-18)27(23(29)24-19-9-5-3-6-10-19)17-21-25-22-11-7-4-8-16-28(22)26-21/h3,5-6,9-10,12-15H,2,4,7-8,11,16-17H2,1H3,(H,24,29). The Labute approximate surface area is 171 Å². The third-order valence-corrected chi connectivity index (χ3v) is 5.29. The SMILES string of the molecule is CCc1ccc(N(Cc2nc3n(n2)CCCCC3)C(=O)Nc2ccccc2)cc1. The second kappa shape index (κ2) is 8.90. The van der Waals surface area contributed by atoms with E-state index >= 15 is 0 Å². The summed E-state index contributed by atoms with van der Waals surface area (Å²) in [6.45, 7) is 3.37. The highest BCUT2D eigenvalue weighted by molar-refractivity contribution is 6.01. The first-order valence-corrected chi connectivity index (χ1v) is 10.4. The fraction of sp³-hybridized carbons (Fsp3) is 0.348. The highest BCUT2D eigenvalue weighted by Crippen LogP contribution is 2.21. The zero-order valence-electron chi connectivity index (χ0n) is 16.8. The van der Waals surface area contributed by atoms with Crippen LogP contribution in [-0.2, 0) is 25.9 Å². The van der Waals surface area contributed by atoms with Gasteiger partial charge in [0.1, 0.15) is 5.82 Å². The Hall–Kier alpha value is -3.15. The van der Waals surface area contributed by atoms with Crippen LogP contribution in [0.5, 0.6) is 0 Å². The third-order valence-electron chi connectivity index (χ3n) is 5.29. The van der Waals surface area contributed by atoms with Crippen LogP contribution < -0.4 is 10.2 Å². The van der Waals surface area contributed by atoms with E-state index < -0.39 is 0 Å². The Balaban J connectivity index is 1.59. The molecule has 4 rings (SSSR count). The topological polar surface area (TPSA) is 63.1 Å². The highest BCUT2D eigenvalue weighted by Gasteiger charge is 2.21. The lowest BCUT2D eigenvalue weighted by Crippen LogP contribution is -2.35. The summed E-state index contributed by atoms with van der Waals surface area (Å²) in [5, 5.41) is 7.67. The van der Waals surface area contributed by atoms with Gasteiger partial charge in [-0.15, -0.1) is 0 Å². The van der Waals surface area contributed by atoms with E-state index in [4.69, 9.17) is 4.98 Å². The lowest BCUT2D eigenvalue weighted by molar-refractivity contribution is 0.256. The number of amides is 2. The molecule has 0 atom stereocenters. The predicted molar refractivity (Wildman–Crippen MR) is 115 cm³/mol. The molecule has 6 nitrogen and oxygen atoms in total. The molecule has 0 saturated carbocycles. The number of hydrogen-bond donors (Lipinski definition) is 1. The van der Waals surface area contributed by atoms with Gasteiger partial charge in [0.2, 0.25) is 0 Å². The van der Waals surface area contributed by atoms with Crippen LogP contribution in [0.1, 0.15) is 43.4 Å². The van der Waals surface area contributed by atoms with Gasteiger partial charge >= 0.3 is 6.03 Å². The van der Waals surface area contributed by atoms with Gasteiger partial charge in [-0.2, -0.15) is 5.10 Å². The largest absolute Gasteiger partial charge is 0.326 e. The predicted octanol–water partition coefficient (Wildman–Crippen LogP) is 4.81. The minimum atomic E-state index is -0.189. The van der Waals surface area contributed by atoms with Gasteiger partial charge in [-0.25, -0.2) is 14.5 Å². The number of urea groups is 1. The molecule has 0 unspecified atom stereocenters. The monoisotopic (exact) mass is 389 g/mol. The van der Waals surface area contributed by atoms with Crippen molar-refractivity contribution in [2.24, 2.45) is 0 Å². The molecule has 0 saturated heterocycles. The first-order valence-electron chi connectivity index (χ1n) is 10.4. The summed E-state index contributed by atoms with van der Waals surface area (Å²) in [6, 6.07) is 17.4. The van der Waals surface area contributed by atoms with Crippen molar-refractivity contribution in [1.82, 2.24) is 14.8 Å². The van der Waals surface area contributed by atoms with Gasteiger partial charge in [-0.1, -0.05) is 43.7 Å². The number of anilines is 2. The number of fused-ring (bicyclic) bond motifs is 1. The number of aromatic nitrogens is 3. The minimum absolute atomic E-state index is 0.189. The second-order valence-corrected chi connectivity index (χ2v) is 7.38. The quantitative estimate of drug-likeness (QED) is 0.681. The fourth-order valence-corrected chi connectivity index (χ4v) is 3.62. The smallest absolute Gasteiger partial charge is 0.308 e. The molecule has 0 aliphatic carbocycles. The van der Waals surface area contributed by atoms with E-state index in [1.165, 1.54) is 12.0 Å². The van der Waals surface area contributed by atoms with Gasteiger partial charge in [0.25, 0.3) is 0 Å². The molecule has 1 aliphatic rings. The van der Waals surface area contributed by atoms with Crippen LogP contribution >= 0.6 is 0 Å². The maximum Gasteiger partial charge on any atom is 0.326 e. The van der Waals surface area contributed by atoms with Crippen LogP contribution in [0.3, 0.4) is 0 Å². The van der Waals surface area contributed by atoms with Crippen LogP contribution in [0.25, 0.3) is 0 Å². The van der Waals surface area contributed by atoms with Gasteiger partial charge in [0.15, 0.2) is 5.82 Å². The molecule has 6 heteroatoms. The Morgan fingerprint density at radius 2 is 1.86 bits per heavy atom. The lowest BCUT2D eigenvalue weighted by Gasteiger charge is -2.22. The summed E-state index contributed by atoms with van der Waals surface area (Å²) in [5.74, 6) is 1.71. The third kappa shape index (κ3) is 4.65. The molecule has 1 aromatic heterocycles. The molecule has 3 aromatic rings. The molecule has 0 radical (unpaired) electrons. The highest BCUT2D eigenvalue weighted by atomic mass is 16.2. The number of nitrogens with zero attached hydrogens (tertiary/aromatic N) is 4. The van der Waals surface area contributed by atoms with Crippen molar-refractivity contribution in [2.45, 2.75) is 52.1 Å². The van der Waals surface area contributed by atoms with Crippen LogP contribution in [0.4, 0.5) is 16.2 Å². The van der Waals surface area contributed by atoms with Crippen molar-refractivity contribution in [3.05, 3.63) is 71.8 Å². The molecule has 2 heterocycles. The number of aryl methyl sites for hydroxylation is 3. The van der Waals surface area contributed by atoms with Gasteiger partial charge in [-0.3, -0.25) is 4.90 Å². The average Bonchev–Trinajstić information content (AvgIpc) is 3.01. The summed E-state index contributed by atoms with van der Waals surface area (Å²) in [5.41, 5.74) is 2.84. The Morgan fingerprint density at radius 3 is 2.62 bits per heavy atom. The summed E-state index contributed by atoms with van der Waals surface area (Å²) < 4.78 is 2.01. The van der Waals surface area contributed by atoms with Gasteiger partial charge < -0.3 is 5.32 Å². The van der Waals surface area contributed by atoms with E-state index in [0.717, 1.165) is 49.4 Å². The molecule has 0 fully saturated rings. The summed E-state index contributed by atoms with van der Waals surface area (Å²) >= 11 is 0. The molecule has 2 amide bonds. The van der Waals surface area contributed by atoms with Crippen molar-refractivity contribution in [3.63, 3.8) is 0 Å². The second-order valence-electron chi connectivity index (χ2n) is 7.38. The Bertz CT molecular complexity index is 926. The van der Waals surface area contributed by atoms with E-state index in [9.17, 15) is 4.79 Å². The summed E-state index contributed by atoms with van der Waals surface area (Å²) in [4.78, 5) is 19.6. The molecular formula is C23H27N5O. The molecule has 29 heavy (non-hydrogen) atoms. The van der Waals surface area contributed by atoms with Crippen molar-refractivity contribution >= 4 is 17.4 Å². The zero-order valence-corrected chi connectivity index (χ0v) is 16.8. The van der Waals surface area contributed by atoms with Crippen LogP contribution in [0.2, 0.25) is 0 Å². The van der Waals surface area contributed by atoms with E-state index in [2.05, 4.69) is 29.5 Å². The lowest BCUT2D eigenvalue weighted by atomic mass is 10.1.